The van der Waals surface area contributed by atoms with Gasteiger partial charge in [-0.05, 0) is 59.7 Å². The van der Waals surface area contributed by atoms with E-state index in [1.165, 1.54) is 0 Å². The van der Waals surface area contributed by atoms with Gasteiger partial charge in [-0.1, -0.05) is 24.3 Å². The van der Waals surface area contributed by atoms with E-state index in [9.17, 15) is 176 Å². The number of allylic oxidation sites excluding steroid dienone is 2. The van der Waals surface area contributed by atoms with E-state index in [0.29, 0.717) is 24.3 Å². The molecule has 4 aromatic carbocycles. The lowest BCUT2D eigenvalue weighted by Gasteiger charge is -2.41. The molecule has 91 heavy (non-hydrogen) atoms. The second-order valence-corrected chi connectivity index (χ2v) is 17.7. The van der Waals surface area contributed by atoms with E-state index >= 15 is 0 Å². The molecule has 0 aromatic heterocycles. The summed E-state index contributed by atoms with van der Waals surface area (Å²) in [6.07, 6.45) is -29.1. The average Bonchev–Trinajstić information content (AvgIpc) is 0.713. The Labute approximate surface area is 473 Å². The maximum Gasteiger partial charge on any atom is 0.460 e. The number of halogens is 40. The lowest BCUT2D eigenvalue weighted by atomic mass is 9.73. The standard InChI is InChI=1S/C45H18F40N2O4/c46-25(30(50,51)32(54,55)34(58,59)36(62,63)38(66,67)40(70,71)44(80,81)82)27(48)90-23-13-19(9-11-21(23)86)88-17-5-1-15(2-6-17)29(42(74,75)76,43(77,78)79)16-3-7-18(8-4-16)89-20-10-12-22(87)24(14-20)91-28(49)26(47)31(52,53)33(56,57)35(60,61)37(64,65)39(68,69)41(72,73)45(83,84)85/h1-14H,86-87H2. The van der Waals surface area contributed by atoms with Crippen molar-refractivity contribution in [1.29, 1.82) is 0 Å². The van der Waals surface area contributed by atoms with Crippen molar-refractivity contribution in [2.45, 2.75) is 101 Å². The Morgan fingerprint density at radius 1 is 0.264 bits per heavy atom. The van der Waals surface area contributed by atoms with Crippen molar-refractivity contribution in [3.63, 3.8) is 0 Å². The summed E-state index contributed by atoms with van der Waals surface area (Å²) in [5.41, 5.74) is -0.945. The van der Waals surface area contributed by atoms with E-state index in [-0.39, 0.29) is 60.7 Å². The largest absolute Gasteiger partial charge is 0.460 e. The van der Waals surface area contributed by atoms with Crippen LogP contribution in [0.2, 0.25) is 0 Å². The number of nitrogens with two attached hydrogens (primary N) is 2. The van der Waals surface area contributed by atoms with Gasteiger partial charge in [0.05, 0.1) is 11.4 Å². The van der Waals surface area contributed by atoms with Gasteiger partial charge in [-0.3, -0.25) is 0 Å². The normalized spacial score (nSPS) is 15.5. The molecule has 0 aliphatic rings. The van der Waals surface area contributed by atoms with E-state index < -0.39 is 182 Å². The van der Waals surface area contributed by atoms with Crippen LogP contribution >= 0.6 is 0 Å². The Hall–Kier alpha value is -7.64. The Balaban J connectivity index is 1.66. The van der Waals surface area contributed by atoms with Crippen LogP contribution in [0.1, 0.15) is 11.1 Å². The summed E-state index contributed by atoms with van der Waals surface area (Å²) in [5, 5.41) is 0. The Bertz CT molecular complexity index is 3140. The third-order valence-electron chi connectivity index (χ3n) is 11.8. The summed E-state index contributed by atoms with van der Waals surface area (Å²) in [7, 11) is 0. The zero-order chi connectivity index (χ0) is 71.3. The van der Waals surface area contributed by atoms with Gasteiger partial charge in [0.25, 0.3) is 0 Å². The molecule has 0 radical (unpaired) electrons. The molecule has 4 N–H and O–H groups in total. The van der Waals surface area contributed by atoms with Gasteiger partial charge in [-0.15, -0.1) is 0 Å². The number of alkyl halides is 36. The van der Waals surface area contributed by atoms with Crippen LogP contribution in [0.4, 0.5) is 187 Å². The molecule has 0 unspecified atom stereocenters. The molecule has 0 aliphatic carbocycles. The van der Waals surface area contributed by atoms with Crippen LogP contribution in [0, 0.1) is 0 Å². The maximum absolute atomic E-state index is 14.9. The van der Waals surface area contributed by atoms with Crippen molar-refractivity contribution in [3.8, 4) is 34.5 Å². The lowest BCUT2D eigenvalue weighted by Crippen LogP contribution is -2.72. The predicted octanol–water partition coefficient (Wildman–Crippen LogP) is 19.6. The van der Waals surface area contributed by atoms with Gasteiger partial charge < -0.3 is 30.4 Å². The molecule has 0 amide bonds. The van der Waals surface area contributed by atoms with Gasteiger partial charge in [-0.2, -0.15) is 176 Å². The van der Waals surface area contributed by atoms with E-state index in [0.717, 1.165) is 0 Å². The van der Waals surface area contributed by atoms with Gasteiger partial charge in [0, 0.05) is 12.1 Å². The third kappa shape index (κ3) is 11.8. The number of rotatable bonds is 22. The number of ether oxygens (including phenoxy) is 4. The van der Waals surface area contributed by atoms with Crippen LogP contribution in [0.5, 0.6) is 34.5 Å². The lowest BCUT2D eigenvalue weighted by molar-refractivity contribution is -0.451. The molecule has 4 aromatic rings. The smallest absolute Gasteiger partial charge is 0.457 e. The molecular weight excluding hydrogens is 1390 g/mol. The molecule has 4 rings (SSSR count). The fourth-order valence-corrected chi connectivity index (χ4v) is 6.87. The Morgan fingerprint density at radius 2 is 0.484 bits per heavy atom. The van der Waals surface area contributed by atoms with Gasteiger partial charge >= 0.3 is 108 Å². The monoisotopic (exact) mass is 1410 g/mol. The molecule has 0 aliphatic heterocycles. The minimum absolute atomic E-state index is 0.0291. The zero-order valence-electron chi connectivity index (χ0n) is 41.5. The molecule has 0 atom stereocenters. The van der Waals surface area contributed by atoms with Crippen molar-refractivity contribution >= 4 is 11.4 Å². The first kappa shape index (κ1) is 75.8. The second kappa shape index (κ2) is 22.9. The number of hydrogen-bond donors (Lipinski definition) is 2. The van der Waals surface area contributed by atoms with Gasteiger partial charge in [0.2, 0.25) is 17.1 Å². The summed E-state index contributed by atoms with van der Waals surface area (Å²) >= 11 is 0. The molecule has 0 saturated carbocycles. The summed E-state index contributed by atoms with van der Waals surface area (Å²) in [4.78, 5) is 0. The zero-order valence-corrected chi connectivity index (χ0v) is 41.5. The van der Waals surface area contributed by atoms with Crippen molar-refractivity contribution in [2.24, 2.45) is 0 Å². The molecule has 0 spiro atoms. The van der Waals surface area contributed by atoms with Gasteiger partial charge in [-0.25, -0.2) is 0 Å². The summed E-state index contributed by atoms with van der Waals surface area (Å²) < 4.78 is 571. The van der Waals surface area contributed by atoms with Gasteiger partial charge in [0.1, 0.15) is 23.0 Å². The van der Waals surface area contributed by atoms with Gasteiger partial charge in [0.15, 0.2) is 11.5 Å². The predicted molar refractivity (Wildman–Crippen MR) is 219 cm³/mol. The first-order valence-corrected chi connectivity index (χ1v) is 21.9. The molecule has 0 fully saturated rings. The minimum atomic E-state index is -8.94. The highest BCUT2D eigenvalue weighted by Crippen LogP contribution is 2.66. The summed E-state index contributed by atoms with van der Waals surface area (Å²) in [6.45, 7) is 0. The molecule has 46 heteroatoms. The molecule has 0 heterocycles. The fourth-order valence-electron chi connectivity index (χ4n) is 6.87. The minimum Gasteiger partial charge on any atom is -0.457 e. The number of anilines is 2. The molecular formula is C45H18F40N2O4. The van der Waals surface area contributed by atoms with Crippen LogP contribution < -0.4 is 30.4 Å². The van der Waals surface area contributed by atoms with Crippen molar-refractivity contribution < 1.29 is 195 Å². The molecule has 512 valence electrons. The van der Waals surface area contributed by atoms with E-state index in [1.807, 2.05) is 0 Å². The Kier molecular flexibility index (Phi) is 19.1. The number of nitrogen functional groups attached to an aromatic ring is 2. The topological polar surface area (TPSA) is 89.0 Å². The van der Waals surface area contributed by atoms with Crippen LogP contribution in [0.15, 0.2) is 109 Å². The molecule has 6 nitrogen and oxygen atoms in total. The highest BCUT2D eigenvalue weighted by Gasteiger charge is 2.95. The number of benzene rings is 4. The first-order chi connectivity index (χ1) is 40.3. The van der Waals surface area contributed by atoms with Crippen LogP contribution in [0.3, 0.4) is 0 Å². The third-order valence-corrected chi connectivity index (χ3v) is 11.8. The fraction of sp³-hybridized carbons (Fsp3) is 0.378. The average molecular weight is 1410 g/mol. The maximum atomic E-state index is 14.9. The first-order valence-electron chi connectivity index (χ1n) is 21.9. The Morgan fingerprint density at radius 3 is 0.714 bits per heavy atom. The molecule has 0 saturated heterocycles. The van der Waals surface area contributed by atoms with Crippen LogP contribution in [-0.2, 0) is 5.41 Å². The highest BCUT2D eigenvalue weighted by molar-refractivity contribution is 5.58. The molecule has 0 bridgehead atoms. The summed E-state index contributed by atoms with van der Waals surface area (Å²) in [5.74, 6) is -121. The van der Waals surface area contributed by atoms with E-state index in [2.05, 4.69) is 9.47 Å². The van der Waals surface area contributed by atoms with E-state index in [4.69, 9.17) is 20.9 Å². The van der Waals surface area contributed by atoms with Crippen LogP contribution in [0.25, 0.3) is 0 Å². The van der Waals surface area contributed by atoms with Crippen molar-refractivity contribution in [1.82, 2.24) is 0 Å². The number of hydrogen-bond acceptors (Lipinski definition) is 6. The van der Waals surface area contributed by atoms with Crippen molar-refractivity contribution in [2.75, 3.05) is 11.5 Å². The van der Waals surface area contributed by atoms with Crippen LogP contribution in [-0.4, -0.2) is 95.8 Å². The van der Waals surface area contributed by atoms with E-state index in [1.54, 1.807) is 0 Å². The second-order valence-electron chi connectivity index (χ2n) is 17.7. The quantitative estimate of drug-likeness (QED) is 0.0463. The highest BCUT2D eigenvalue weighted by atomic mass is 19.5. The SMILES string of the molecule is Nc1ccc(Oc2ccc(C(c3ccc(Oc4ccc(N)c(OC(F)=C(F)C(F)(F)C(F)(F)C(F)(F)C(F)(F)C(F)(F)C(F)(F)C(F)(F)F)c4)cc3)(C(F)(F)F)C(F)(F)F)cc2)cc1OC(F)=C(F)C(F)(F)C(F)(F)C(F)(F)C(F)(F)C(F)(F)C(F)(F)C(F)(F)F. The van der Waals surface area contributed by atoms with Crippen molar-refractivity contribution in [3.05, 3.63) is 120 Å². The summed E-state index contributed by atoms with van der Waals surface area (Å²) in [6, 6.07) is -5.87.